The zero-order valence-electron chi connectivity index (χ0n) is 25.9. The van der Waals surface area contributed by atoms with Gasteiger partial charge in [-0.3, -0.25) is 9.78 Å². The lowest BCUT2D eigenvalue weighted by atomic mass is 9.42. The number of anilines is 1. The molecule has 0 radical (unpaired) electrons. The number of ether oxygens (including phenoxy) is 2. The zero-order valence-corrected chi connectivity index (χ0v) is 26.7. The van der Waals surface area contributed by atoms with Gasteiger partial charge in [0.2, 0.25) is 0 Å². The van der Waals surface area contributed by atoms with Crippen molar-refractivity contribution in [1.29, 1.82) is 5.26 Å². The number of aryl methyl sites for hydroxylation is 1. The number of benzene rings is 1. The Morgan fingerprint density at radius 2 is 1.94 bits per heavy atom. The molecule has 4 aliphatic rings. The molecule has 10 nitrogen and oxygen atoms in total. The van der Waals surface area contributed by atoms with Crippen LogP contribution in [-0.4, -0.2) is 74.9 Å². The first-order valence-corrected chi connectivity index (χ1v) is 16.2. The lowest BCUT2D eigenvalue weighted by molar-refractivity contribution is -0.120. The maximum atomic E-state index is 14.3. The molecule has 0 unspecified atom stereocenters. The van der Waals surface area contributed by atoms with Crippen molar-refractivity contribution in [1.82, 2.24) is 25.1 Å². The van der Waals surface area contributed by atoms with Crippen molar-refractivity contribution in [2.45, 2.75) is 82.7 Å². The van der Waals surface area contributed by atoms with Crippen molar-refractivity contribution in [3.63, 3.8) is 0 Å². The predicted molar refractivity (Wildman–Crippen MR) is 167 cm³/mol. The number of halogens is 4. The van der Waals surface area contributed by atoms with Gasteiger partial charge in [-0.1, -0.05) is 23.0 Å². The summed E-state index contributed by atoms with van der Waals surface area (Å²) in [5.41, 5.74) is 1.97. The average Bonchev–Trinajstić information content (AvgIpc) is 2.98. The zero-order chi connectivity index (χ0) is 33.1. The summed E-state index contributed by atoms with van der Waals surface area (Å²) in [6, 6.07) is 4.05. The molecule has 1 aromatic carbocycles. The molecule has 1 amide bonds. The molecule has 4 heterocycles. The van der Waals surface area contributed by atoms with E-state index in [0.717, 1.165) is 54.7 Å². The Morgan fingerprint density at radius 3 is 2.64 bits per heavy atom. The summed E-state index contributed by atoms with van der Waals surface area (Å²) in [5, 5.41) is 17.4. The molecule has 15 heteroatoms. The van der Waals surface area contributed by atoms with E-state index in [9.17, 15) is 23.2 Å². The number of amides is 1. The Balaban J connectivity index is 1.01. The van der Waals surface area contributed by atoms with E-state index >= 15 is 0 Å². The highest BCUT2D eigenvalue weighted by atomic mass is 35.5. The molecule has 1 spiro atoms. The first-order chi connectivity index (χ1) is 22.4. The second-order valence-corrected chi connectivity index (χ2v) is 13.8. The third kappa shape index (κ3) is 6.06. The largest absolute Gasteiger partial charge is 0.490 e. The van der Waals surface area contributed by atoms with Crippen LogP contribution in [0.1, 0.15) is 61.1 Å². The van der Waals surface area contributed by atoms with Crippen molar-refractivity contribution >= 4 is 30.0 Å². The van der Waals surface area contributed by atoms with Crippen LogP contribution in [-0.2, 0) is 12.7 Å². The van der Waals surface area contributed by atoms with Crippen LogP contribution in [0.5, 0.6) is 17.5 Å². The third-order valence-corrected chi connectivity index (χ3v) is 9.91. The maximum Gasteiger partial charge on any atom is 0.343 e. The highest BCUT2D eigenvalue weighted by Gasteiger charge is 2.54. The number of carbonyl (C=O) groups excluding carboxylic acids is 1. The topological polar surface area (TPSA) is 117 Å². The third-order valence-electron chi connectivity index (χ3n) is 9.67. The standard InChI is InChI=1S/C32H32BClF3N7O3/c1-18(2)44(20-10-32(36,37)11-20)29(45)22-9-19(35)3-4-25(22)47-30-40-28(27(34)41-42-30)43-15-31(16-43)12-21(13-31)46-26-6-8-39-24-5-7-33(17-38)14-23(24)26/h3-4,6,8-9,18,20-21H,5,7,10-16H2,1-2H3. The Hall–Kier alpha value is -4.12. The number of alkyl halides is 2. The first kappa shape index (κ1) is 31.5. The van der Waals surface area contributed by atoms with Crippen LogP contribution in [0, 0.1) is 22.5 Å². The molecule has 0 bridgehead atoms. The normalized spacial score (nSPS) is 19.7. The molecule has 244 valence electrons. The first-order valence-electron chi connectivity index (χ1n) is 15.8. The number of pyridine rings is 1. The van der Waals surface area contributed by atoms with Gasteiger partial charge in [-0.2, -0.15) is 4.98 Å². The highest BCUT2D eigenvalue weighted by molar-refractivity contribution is 6.66. The van der Waals surface area contributed by atoms with Gasteiger partial charge in [-0.05, 0) is 63.7 Å². The Labute approximate surface area is 275 Å². The van der Waals surface area contributed by atoms with E-state index in [4.69, 9.17) is 21.1 Å². The summed E-state index contributed by atoms with van der Waals surface area (Å²) < 4.78 is 53.9. The van der Waals surface area contributed by atoms with Crippen molar-refractivity contribution in [3.8, 4) is 23.5 Å². The van der Waals surface area contributed by atoms with Gasteiger partial charge < -0.3 is 19.3 Å². The van der Waals surface area contributed by atoms with Gasteiger partial charge in [0, 0.05) is 66.9 Å². The molecule has 2 aliphatic carbocycles. The Morgan fingerprint density at radius 1 is 1.17 bits per heavy atom. The van der Waals surface area contributed by atoms with Crippen LogP contribution in [0.2, 0.25) is 11.5 Å². The van der Waals surface area contributed by atoms with Gasteiger partial charge in [0.1, 0.15) is 23.4 Å². The van der Waals surface area contributed by atoms with Crippen LogP contribution in [0.15, 0.2) is 30.5 Å². The molecule has 0 atom stereocenters. The number of nitriles is 1. The molecular formula is C32H32BClF3N7O3. The van der Waals surface area contributed by atoms with Gasteiger partial charge >= 0.3 is 6.01 Å². The number of carbonyl (C=O) groups is 1. The fraction of sp³-hybridized carbons (Fsp3) is 0.500. The van der Waals surface area contributed by atoms with E-state index < -0.39 is 42.6 Å². The molecule has 2 aliphatic heterocycles. The molecule has 3 aromatic rings. The molecule has 2 aromatic heterocycles. The summed E-state index contributed by atoms with van der Waals surface area (Å²) in [5.74, 6) is -0.597. The quantitative estimate of drug-likeness (QED) is 0.278. The minimum absolute atomic E-state index is 0.0184. The van der Waals surface area contributed by atoms with Crippen LogP contribution in [0.4, 0.5) is 19.0 Å². The number of fused-ring (bicyclic) bond motifs is 1. The van der Waals surface area contributed by atoms with Gasteiger partial charge in [0.15, 0.2) is 11.0 Å². The lowest BCUT2D eigenvalue weighted by Gasteiger charge is -2.58. The summed E-state index contributed by atoms with van der Waals surface area (Å²) >= 11 is 6.39. The Bertz CT molecular complexity index is 1750. The fourth-order valence-corrected chi connectivity index (χ4v) is 7.55. The van der Waals surface area contributed by atoms with Crippen molar-refractivity contribution in [3.05, 3.63) is 58.3 Å². The molecule has 47 heavy (non-hydrogen) atoms. The fourth-order valence-electron chi connectivity index (χ4n) is 7.35. The predicted octanol–water partition coefficient (Wildman–Crippen LogP) is 5.74. The number of aromatic nitrogens is 4. The van der Waals surface area contributed by atoms with E-state index in [2.05, 4.69) is 26.1 Å². The number of rotatable bonds is 8. The van der Waals surface area contributed by atoms with Crippen LogP contribution >= 0.6 is 11.6 Å². The SMILES string of the molecule is CC(C)N(C(=O)c1cc(F)ccc1Oc1nnc(Cl)c(N2CC3(CC(Oc4ccnc5c4CB(C#N)CC5)C3)C2)n1)C1CC(F)(F)C1. The van der Waals surface area contributed by atoms with E-state index in [1.807, 2.05) is 11.0 Å². The summed E-state index contributed by atoms with van der Waals surface area (Å²) in [4.78, 5) is 25.8. The monoisotopic (exact) mass is 665 g/mol. The smallest absolute Gasteiger partial charge is 0.343 e. The molecule has 2 saturated carbocycles. The molecule has 3 fully saturated rings. The van der Waals surface area contributed by atoms with Gasteiger partial charge in [0.05, 0.1) is 5.56 Å². The van der Waals surface area contributed by atoms with Gasteiger partial charge in [-0.25, -0.2) is 18.4 Å². The van der Waals surface area contributed by atoms with Crippen molar-refractivity contribution < 1.29 is 27.4 Å². The Kier molecular flexibility index (Phi) is 7.93. The number of hydrogen-bond acceptors (Lipinski definition) is 9. The molecule has 7 rings (SSSR count). The maximum absolute atomic E-state index is 14.3. The summed E-state index contributed by atoms with van der Waals surface area (Å²) in [6.07, 6.45) is 4.88. The lowest BCUT2D eigenvalue weighted by Crippen LogP contribution is -2.65. The van der Waals surface area contributed by atoms with Gasteiger partial charge in [0.25, 0.3) is 18.5 Å². The minimum atomic E-state index is -2.83. The highest BCUT2D eigenvalue weighted by Crippen LogP contribution is 2.52. The van der Waals surface area contributed by atoms with Crippen molar-refractivity contribution in [2.75, 3.05) is 18.0 Å². The molecular weight excluding hydrogens is 634 g/mol. The minimum Gasteiger partial charge on any atom is -0.490 e. The number of hydrogen-bond donors (Lipinski definition) is 0. The molecule has 0 N–H and O–H groups in total. The van der Waals surface area contributed by atoms with Crippen LogP contribution in [0.25, 0.3) is 0 Å². The van der Waals surface area contributed by atoms with E-state index in [1.54, 1.807) is 20.0 Å². The van der Waals surface area contributed by atoms with Crippen molar-refractivity contribution in [2.24, 2.45) is 5.41 Å². The van der Waals surface area contributed by atoms with E-state index in [-0.39, 0.29) is 40.7 Å². The van der Waals surface area contributed by atoms with Gasteiger partial charge in [-0.15, -0.1) is 5.10 Å². The van der Waals surface area contributed by atoms with Crippen LogP contribution in [0.3, 0.4) is 0 Å². The average molecular weight is 666 g/mol. The molecule has 1 saturated heterocycles. The summed E-state index contributed by atoms with van der Waals surface area (Å²) in [7, 11) is 0. The van der Waals surface area contributed by atoms with E-state index in [0.29, 0.717) is 25.2 Å². The second-order valence-electron chi connectivity index (χ2n) is 13.5. The second kappa shape index (κ2) is 11.8. The summed E-state index contributed by atoms with van der Waals surface area (Å²) in [6.45, 7) is 4.77. The van der Waals surface area contributed by atoms with E-state index in [1.165, 1.54) is 11.0 Å². The number of nitrogens with zero attached hydrogens (tertiary/aromatic N) is 7. The van der Waals surface area contributed by atoms with Crippen LogP contribution < -0.4 is 14.4 Å².